The van der Waals surface area contributed by atoms with Gasteiger partial charge in [-0.05, 0) is 46.3 Å². The second-order valence-electron chi connectivity index (χ2n) is 4.28. The smallest absolute Gasteiger partial charge is 0.391 e. The van der Waals surface area contributed by atoms with Crippen molar-refractivity contribution in [3.8, 4) is 11.8 Å². The average Bonchev–Trinajstić information content (AvgIpc) is 2.51. The molecule has 0 fully saturated rings. The summed E-state index contributed by atoms with van der Waals surface area (Å²) in [6.07, 6.45) is 0. The Kier molecular flexibility index (Phi) is 5.09. The summed E-state index contributed by atoms with van der Waals surface area (Å²) in [4.78, 5) is 0. The Bertz CT molecular complexity index is 776. The maximum atomic E-state index is 12.7. The van der Waals surface area contributed by atoms with Crippen molar-refractivity contribution < 1.29 is 14.2 Å². The lowest BCUT2D eigenvalue weighted by molar-refractivity contribution is 0.402. The Balaban J connectivity index is 2.26. The number of aromatic hydroxyl groups is 1. The third-order valence-electron chi connectivity index (χ3n) is 2.79. The summed E-state index contributed by atoms with van der Waals surface area (Å²) in [7, 11) is -2.20. The van der Waals surface area contributed by atoms with Gasteiger partial charge in [0, 0.05) is 11.6 Å². The molecule has 1 atom stereocenters. The number of hydrogen-bond acceptors (Lipinski definition) is 4. The molecule has 0 amide bonds. The molecule has 0 aliphatic carbocycles. The molecule has 22 heavy (non-hydrogen) atoms. The highest BCUT2D eigenvalue weighted by molar-refractivity contribution is 9.10. The van der Waals surface area contributed by atoms with Gasteiger partial charge >= 0.3 is 7.67 Å². The highest BCUT2D eigenvalue weighted by Crippen LogP contribution is 2.48. The molecule has 0 saturated heterocycles. The molecule has 0 radical (unpaired) electrons. The average molecular weight is 382 g/mol. The van der Waals surface area contributed by atoms with E-state index in [4.69, 9.17) is 9.79 Å². The van der Waals surface area contributed by atoms with E-state index in [1.54, 1.807) is 18.2 Å². The number of benzene rings is 2. The number of hydrogen-bond donors (Lipinski definition) is 3. The standard InChI is InChI=1S/C14H13BrN3O3P/c1-21-22(20,17-12-5-3-2-4-11(12)15)18-13-7-6-10(9-16)8-14(13)19/h2-8,19H,1H3,(H2,17,18,20). The van der Waals surface area contributed by atoms with Crippen LogP contribution in [-0.2, 0) is 9.09 Å². The summed E-state index contributed by atoms with van der Waals surface area (Å²) >= 11 is 3.34. The Morgan fingerprint density at radius 1 is 1.23 bits per heavy atom. The van der Waals surface area contributed by atoms with Crippen LogP contribution in [-0.4, -0.2) is 12.2 Å². The monoisotopic (exact) mass is 381 g/mol. The van der Waals surface area contributed by atoms with Crippen LogP contribution in [0.25, 0.3) is 0 Å². The van der Waals surface area contributed by atoms with Gasteiger partial charge in [-0.25, -0.2) is 4.57 Å². The van der Waals surface area contributed by atoms with Gasteiger partial charge in [-0.15, -0.1) is 0 Å². The molecule has 2 aromatic carbocycles. The molecule has 0 aromatic heterocycles. The largest absolute Gasteiger partial charge is 0.506 e. The Hall–Kier alpha value is -2.00. The number of nitriles is 1. The second-order valence-corrected chi connectivity index (χ2v) is 7.05. The molecule has 2 aromatic rings. The van der Waals surface area contributed by atoms with E-state index < -0.39 is 7.67 Å². The first-order valence-corrected chi connectivity index (χ1v) is 8.59. The van der Waals surface area contributed by atoms with Crippen LogP contribution < -0.4 is 10.2 Å². The van der Waals surface area contributed by atoms with Crippen molar-refractivity contribution in [2.75, 3.05) is 17.3 Å². The molecule has 2 rings (SSSR count). The van der Waals surface area contributed by atoms with Crippen LogP contribution in [0, 0.1) is 11.3 Å². The lowest BCUT2D eigenvalue weighted by atomic mass is 10.2. The van der Waals surface area contributed by atoms with Crippen LogP contribution >= 0.6 is 23.6 Å². The SMILES string of the molecule is COP(=O)(Nc1ccc(C#N)cc1O)Nc1ccccc1Br. The molecule has 114 valence electrons. The van der Waals surface area contributed by atoms with E-state index in [9.17, 15) is 9.67 Å². The number of anilines is 2. The minimum atomic E-state index is -3.49. The first-order chi connectivity index (χ1) is 10.5. The van der Waals surface area contributed by atoms with Gasteiger partial charge in [-0.3, -0.25) is 10.2 Å². The van der Waals surface area contributed by atoms with Crippen molar-refractivity contribution in [3.05, 3.63) is 52.5 Å². The van der Waals surface area contributed by atoms with Crippen LogP contribution in [0.4, 0.5) is 11.4 Å². The fourth-order valence-electron chi connectivity index (χ4n) is 1.68. The highest BCUT2D eigenvalue weighted by Gasteiger charge is 2.24. The normalized spacial score (nSPS) is 13.0. The van der Waals surface area contributed by atoms with Gasteiger partial charge in [0.05, 0.1) is 23.0 Å². The quantitative estimate of drug-likeness (QED) is 0.527. The zero-order chi connectivity index (χ0) is 16.2. The summed E-state index contributed by atoms with van der Waals surface area (Å²) in [5, 5.41) is 24.1. The zero-order valence-corrected chi connectivity index (χ0v) is 14.1. The minimum Gasteiger partial charge on any atom is -0.506 e. The van der Waals surface area contributed by atoms with Gasteiger partial charge in [-0.1, -0.05) is 12.1 Å². The van der Waals surface area contributed by atoms with E-state index in [1.165, 1.54) is 25.3 Å². The lowest BCUT2D eigenvalue weighted by Gasteiger charge is -2.21. The zero-order valence-electron chi connectivity index (χ0n) is 11.6. The van der Waals surface area contributed by atoms with Gasteiger partial charge in [-0.2, -0.15) is 5.26 Å². The van der Waals surface area contributed by atoms with Gasteiger partial charge in [0.25, 0.3) is 0 Å². The lowest BCUT2D eigenvalue weighted by Crippen LogP contribution is -2.08. The van der Waals surface area contributed by atoms with Crippen molar-refractivity contribution in [2.24, 2.45) is 0 Å². The van der Waals surface area contributed by atoms with Crippen molar-refractivity contribution in [3.63, 3.8) is 0 Å². The predicted molar refractivity (Wildman–Crippen MR) is 88.8 cm³/mol. The maximum Gasteiger partial charge on any atom is 0.391 e. The topological polar surface area (TPSA) is 94.4 Å². The van der Waals surface area contributed by atoms with Gasteiger partial charge in [0.2, 0.25) is 0 Å². The summed E-state index contributed by atoms with van der Waals surface area (Å²) in [5.41, 5.74) is 1.08. The molecular weight excluding hydrogens is 369 g/mol. The Morgan fingerprint density at radius 2 is 1.91 bits per heavy atom. The van der Waals surface area contributed by atoms with Crippen LogP contribution in [0.15, 0.2) is 46.9 Å². The summed E-state index contributed by atoms with van der Waals surface area (Å²) in [6.45, 7) is 0. The van der Waals surface area contributed by atoms with Gasteiger partial charge < -0.3 is 9.63 Å². The maximum absolute atomic E-state index is 12.7. The first-order valence-electron chi connectivity index (χ1n) is 6.17. The van der Waals surface area contributed by atoms with E-state index in [0.717, 1.165) is 4.47 Å². The number of nitrogens with zero attached hydrogens (tertiary/aromatic N) is 1. The van der Waals surface area contributed by atoms with Crippen molar-refractivity contribution in [1.29, 1.82) is 5.26 Å². The Labute approximate surface area is 136 Å². The molecule has 0 aliphatic heterocycles. The molecule has 3 N–H and O–H groups in total. The van der Waals surface area contributed by atoms with E-state index >= 15 is 0 Å². The molecule has 0 saturated carbocycles. The molecule has 6 nitrogen and oxygen atoms in total. The van der Waals surface area contributed by atoms with Crippen LogP contribution in [0.1, 0.15) is 5.56 Å². The third kappa shape index (κ3) is 3.80. The molecule has 0 spiro atoms. The highest BCUT2D eigenvalue weighted by atomic mass is 79.9. The molecule has 8 heteroatoms. The van der Waals surface area contributed by atoms with Crippen molar-refractivity contribution in [1.82, 2.24) is 0 Å². The first kappa shape index (κ1) is 16.4. The van der Waals surface area contributed by atoms with E-state index in [2.05, 4.69) is 26.1 Å². The summed E-state index contributed by atoms with van der Waals surface area (Å²) in [5.74, 6) is -0.190. The third-order valence-corrected chi connectivity index (χ3v) is 5.07. The van der Waals surface area contributed by atoms with E-state index in [1.807, 2.05) is 12.1 Å². The minimum absolute atomic E-state index is 0.190. The second kappa shape index (κ2) is 6.84. The van der Waals surface area contributed by atoms with Crippen LogP contribution in [0.5, 0.6) is 5.75 Å². The van der Waals surface area contributed by atoms with Crippen molar-refractivity contribution >= 4 is 35.0 Å². The van der Waals surface area contributed by atoms with E-state index in [0.29, 0.717) is 11.3 Å². The van der Waals surface area contributed by atoms with E-state index in [-0.39, 0.29) is 11.4 Å². The molecule has 1 unspecified atom stereocenters. The van der Waals surface area contributed by atoms with Gasteiger partial charge in [0.15, 0.2) is 0 Å². The fourth-order valence-corrected chi connectivity index (χ4v) is 3.48. The van der Waals surface area contributed by atoms with Gasteiger partial charge in [0.1, 0.15) is 5.75 Å². The molecular formula is C14H13BrN3O3P. The number of rotatable bonds is 5. The summed E-state index contributed by atoms with van der Waals surface area (Å²) in [6, 6.07) is 13.3. The molecule has 0 bridgehead atoms. The number of nitrogens with one attached hydrogen (secondary N) is 2. The fraction of sp³-hybridized carbons (Fsp3) is 0.0714. The Morgan fingerprint density at radius 3 is 2.50 bits per heavy atom. The van der Waals surface area contributed by atoms with Crippen molar-refractivity contribution in [2.45, 2.75) is 0 Å². The molecule has 0 heterocycles. The summed E-state index contributed by atoms with van der Waals surface area (Å²) < 4.78 is 18.5. The predicted octanol–water partition coefficient (Wildman–Crippen LogP) is 4.30. The number of halogens is 1. The number of para-hydroxylation sites is 1. The number of phenols is 1. The number of phenolic OH excluding ortho intramolecular Hbond substituents is 1. The van der Waals surface area contributed by atoms with Crippen LogP contribution in [0.2, 0.25) is 0 Å². The molecule has 0 aliphatic rings. The van der Waals surface area contributed by atoms with Crippen LogP contribution in [0.3, 0.4) is 0 Å².